The minimum Gasteiger partial charge on any atom is -0.488 e. The van der Waals surface area contributed by atoms with Gasteiger partial charge in [-0.2, -0.15) is 0 Å². The highest BCUT2D eigenvalue weighted by Gasteiger charge is 2.20. The van der Waals surface area contributed by atoms with Gasteiger partial charge in [0.1, 0.15) is 11.4 Å². The van der Waals surface area contributed by atoms with Crippen LogP contribution in [0, 0.1) is 0 Å². The molecule has 122 valence electrons. The minimum absolute atomic E-state index is 0.102. The largest absolute Gasteiger partial charge is 0.488 e. The average Bonchev–Trinajstić information content (AvgIpc) is 2.95. The molecule has 0 spiro atoms. The van der Waals surface area contributed by atoms with Gasteiger partial charge in [0.05, 0.1) is 6.54 Å². The van der Waals surface area contributed by atoms with Gasteiger partial charge in [-0.3, -0.25) is 0 Å². The average molecular weight is 337 g/mol. The third-order valence-corrected chi connectivity index (χ3v) is 3.53. The van der Waals surface area contributed by atoms with Crippen molar-refractivity contribution in [1.82, 2.24) is 10.2 Å². The van der Waals surface area contributed by atoms with Gasteiger partial charge in [-0.15, -0.1) is 5.10 Å². The monoisotopic (exact) mass is 337 g/mol. The maximum absolute atomic E-state index is 11.3. The lowest BCUT2D eigenvalue weighted by Gasteiger charge is -2.24. The molecule has 0 atom stereocenters. The molecular formula is C13H15N5O4S. The van der Waals surface area contributed by atoms with Crippen molar-refractivity contribution in [3.05, 3.63) is 34.7 Å². The fraction of sp³-hybridized carbons (Fsp3) is 0.385. The number of rotatable bonds is 6. The number of aromatic nitrogens is 2. The molecule has 10 heteroatoms. The SMILES string of the molecule is CC(C)(CN=[N+]=[N-])Oc1ccc(-c2nnc(S(C)(=O)=O)o2)cc1. The molecule has 0 radical (unpaired) electrons. The van der Waals surface area contributed by atoms with Crippen LogP contribution in [0.1, 0.15) is 13.8 Å². The molecule has 23 heavy (non-hydrogen) atoms. The molecule has 0 saturated carbocycles. The number of azide groups is 1. The molecule has 1 aromatic heterocycles. The molecule has 0 N–H and O–H groups in total. The first-order valence-electron chi connectivity index (χ1n) is 6.55. The van der Waals surface area contributed by atoms with Crippen molar-refractivity contribution in [3.63, 3.8) is 0 Å². The zero-order valence-electron chi connectivity index (χ0n) is 12.8. The maximum atomic E-state index is 11.3. The van der Waals surface area contributed by atoms with Gasteiger partial charge >= 0.3 is 5.22 Å². The van der Waals surface area contributed by atoms with Gasteiger partial charge in [0.15, 0.2) is 0 Å². The molecule has 2 rings (SSSR count). The van der Waals surface area contributed by atoms with Crippen LogP contribution in [-0.2, 0) is 9.84 Å². The summed E-state index contributed by atoms with van der Waals surface area (Å²) in [7, 11) is -3.54. The van der Waals surface area contributed by atoms with Crippen molar-refractivity contribution in [1.29, 1.82) is 0 Å². The Morgan fingerprint density at radius 3 is 2.48 bits per heavy atom. The van der Waals surface area contributed by atoms with Crippen molar-refractivity contribution < 1.29 is 17.6 Å². The molecule has 0 fully saturated rings. The van der Waals surface area contributed by atoms with Crippen LogP contribution in [0.3, 0.4) is 0 Å². The molecule has 0 aliphatic carbocycles. The Morgan fingerprint density at radius 2 is 1.96 bits per heavy atom. The highest BCUT2D eigenvalue weighted by atomic mass is 32.2. The summed E-state index contributed by atoms with van der Waals surface area (Å²) in [6, 6.07) is 6.69. The molecule has 0 aliphatic heterocycles. The molecule has 9 nitrogen and oxygen atoms in total. The van der Waals surface area contributed by atoms with Gasteiger partial charge in [0.25, 0.3) is 0 Å². The quantitative estimate of drug-likeness (QED) is 0.452. The van der Waals surface area contributed by atoms with E-state index in [-0.39, 0.29) is 12.4 Å². The third-order valence-electron chi connectivity index (χ3n) is 2.73. The summed E-state index contributed by atoms with van der Waals surface area (Å²) in [4.78, 5) is 2.71. The van der Waals surface area contributed by atoms with Gasteiger partial charge in [-0.05, 0) is 43.6 Å². The highest BCUT2D eigenvalue weighted by Crippen LogP contribution is 2.24. The van der Waals surface area contributed by atoms with Crippen LogP contribution < -0.4 is 4.74 Å². The van der Waals surface area contributed by atoms with E-state index in [4.69, 9.17) is 14.7 Å². The van der Waals surface area contributed by atoms with Crippen molar-refractivity contribution in [2.75, 3.05) is 12.8 Å². The van der Waals surface area contributed by atoms with Gasteiger partial charge in [-0.25, -0.2) is 8.42 Å². The summed E-state index contributed by atoms with van der Waals surface area (Å²) in [5.41, 5.74) is 8.27. The van der Waals surface area contributed by atoms with Crippen LogP contribution in [-0.4, -0.2) is 37.0 Å². The van der Waals surface area contributed by atoms with E-state index in [0.29, 0.717) is 11.3 Å². The fourth-order valence-corrected chi connectivity index (χ4v) is 2.11. The first kappa shape index (κ1) is 16.8. The van der Waals surface area contributed by atoms with Gasteiger partial charge < -0.3 is 9.15 Å². The van der Waals surface area contributed by atoms with E-state index in [2.05, 4.69) is 20.2 Å². The Morgan fingerprint density at radius 1 is 1.30 bits per heavy atom. The van der Waals surface area contributed by atoms with Gasteiger partial charge in [0.2, 0.25) is 15.7 Å². The van der Waals surface area contributed by atoms with Gasteiger partial charge in [-0.1, -0.05) is 10.2 Å². The Labute approximate surface area is 132 Å². The summed E-state index contributed by atoms with van der Waals surface area (Å²) in [6.45, 7) is 3.78. The molecule has 0 saturated heterocycles. The molecule has 1 aromatic carbocycles. The first-order chi connectivity index (χ1) is 10.7. The minimum atomic E-state index is -3.54. The van der Waals surface area contributed by atoms with Crippen molar-refractivity contribution in [2.24, 2.45) is 5.11 Å². The van der Waals surface area contributed by atoms with Crippen LogP contribution >= 0.6 is 0 Å². The van der Waals surface area contributed by atoms with E-state index in [1.165, 1.54) is 0 Å². The Hall–Kier alpha value is -2.58. The normalized spacial score (nSPS) is 11.8. The van der Waals surface area contributed by atoms with Crippen molar-refractivity contribution >= 4 is 9.84 Å². The second kappa shape index (κ2) is 6.27. The predicted molar refractivity (Wildman–Crippen MR) is 81.6 cm³/mol. The number of ether oxygens (including phenoxy) is 1. The van der Waals surface area contributed by atoms with Crippen molar-refractivity contribution in [3.8, 4) is 17.2 Å². The van der Waals surface area contributed by atoms with Crippen LogP contribution in [0.25, 0.3) is 21.9 Å². The van der Waals surface area contributed by atoms with Crippen LogP contribution in [0.2, 0.25) is 0 Å². The first-order valence-corrected chi connectivity index (χ1v) is 8.44. The number of benzene rings is 1. The number of sulfone groups is 1. The lowest BCUT2D eigenvalue weighted by Crippen LogP contribution is -2.31. The standard InChI is InChI=1S/C13H15N5O4S/c1-13(2,8-15-18-14)22-10-6-4-9(5-7-10)11-16-17-12(21-11)23(3,19)20/h4-7H,8H2,1-3H3. The zero-order valence-corrected chi connectivity index (χ0v) is 13.6. The molecule has 1 heterocycles. The van der Waals surface area contributed by atoms with Crippen LogP contribution in [0.4, 0.5) is 0 Å². The number of hydrogen-bond acceptors (Lipinski definition) is 7. The Balaban J connectivity index is 2.16. The summed E-state index contributed by atoms with van der Waals surface area (Å²) in [5, 5.41) is 10.3. The number of hydrogen-bond donors (Lipinski definition) is 0. The van der Waals surface area contributed by atoms with E-state index in [9.17, 15) is 8.42 Å². The topological polar surface area (TPSA) is 131 Å². The van der Waals surface area contributed by atoms with E-state index in [1.54, 1.807) is 38.1 Å². The molecule has 0 bridgehead atoms. The summed E-state index contributed by atoms with van der Waals surface area (Å²) in [5.74, 6) is 0.667. The smallest absolute Gasteiger partial charge is 0.335 e. The molecule has 2 aromatic rings. The van der Waals surface area contributed by atoms with E-state index < -0.39 is 20.7 Å². The molecule has 0 amide bonds. The summed E-state index contributed by atoms with van der Waals surface area (Å²) < 4.78 is 33.5. The maximum Gasteiger partial charge on any atom is 0.335 e. The van der Waals surface area contributed by atoms with Crippen LogP contribution in [0.15, 0.2) is 39.0 Å². The number of nitrogens with zero attached hydrogens (tertiary/aromatic N) is 5. The molecule has 0 unspecified atom stereocenters. The Bertz CT molecular complexity index is 836. The van der Waals surface area contributed by atoms with Crippen LogP contribution in [0.5, 0.6) is 5.75 Å². The van der Waals surface area contributed by atoms with Crippen molar-refractivity contribution in [2.45, 2.75) is 24.7 Å². The molecular weight excluding hydrogens is 322 g/mol. The highest BCUT2D eigenvalue weighted by molar-refractivity contribution is 7.90. The van der Waals surface area contributed by atoms with Gasteiger partial charge in [0, 0.05) is 16.7 Å². The lowest BCUT2D eigenvalue weighted by atomic mass is 10.1. The van der Waals surface area contributed by atoms with E-state index in [0.717, 1.165) is 6.26 Å². The third kappa shape index (κ3) is 4.44. The molecule has 0 aliphatic rings. The predicted octanol–water partition coefficient (Wildman–Crippen LogP) is 2.61. The summed E-state index contributed by atoms with van der Waals surface area (Å²) >= 11 is 0. The fourth-order valence-electron chi connectivity index (χ4n) is 1.70. The van der Waals surface area contributed by atoms with E-state index >= 15 is 0 Å². The second-order valence-electron chi connectivity index (χ2n) is 5.42. The zero-order chi connectivity index (χ0) is 17.1. The Kier molecular flexibility index (Phi) is 4.57. The lowest BCUT2D eigenvalue weighted by molar-refractivity contribution is 0.119. The van der Waals surface area contributed by atoms with E-state index in [1.807, 2.05) is 0 Å². The summed E-state index contributed by atoms with van der Waals surface area (Å²) in [6.07, 6.45) is 0.993. The second-order valence-corrected chi connectivity index (χ2v) is 7.31.